The highest BCUT2D eigenvalue weighted by molar-refractivity contribution is 6.19. The molecule has 3 heterocycles. The summed E-state index contributed by atoms with van der Waals surface area (Å²) in [6.45, 7) is 0. The van der Waals surface area contributed by atoms with Gasteiger partial charge in [-0.25, -0.2) is 4.39 Å². The van der Waals surface area contributed by atoms with E-state index in [1.807, 2.05) is 12.1 Å². The maximum absolute atomic E-state index is 13.9. The highest BCUT2D eigenvalue weighted by atomic mass is 19.1. The van der Waals surface area contributed by atoms with Crippen molar-refractivity contribution in [2.75, 3.05) is 0 Å². The van der Waals surface area contributed by atoms with Crippen molar-refractivity contribution in [1.82, 2.24) is 13.7 Å². The molecule has 0 amide bonds. The Bertz CT molecular complexity index is 3540. The number of nitrogens with zero attached hydrogens (tertiary/aromatic N) is 3. The first-order chi connectivity index (χ1) is 27.7. The molecule has 0 saturated heterocycles. The summed E-state index contributed by atoms with van der Waals surface area (Å²) in [5.41, 5.74) is 12.4. The third-order valence-corrected chi connectivity index (χ3v) is 11.7. The van der Waals surface area contributed by atoms with Gasteiger partial charge in [0, 0.05) is 54.8 Å². The largest absolute Gasteiger partial charge is 0.309 e. The lowest BCUT2D eigenvalue weighted by atomic mass is 10.0. The molecule has 0 radical (unpaired) electrons. The van der Waals surface area contributed by atoms with Gasteiger partial charge in [-0.05, 0) is 101 Å². The molecule has 0 saturated carbocycles. The third-order valence-electron chi connectivity index (χ3n) is 11.7. The zero-order chi connectivity index (χ0) is 36.9. The van der Waals surface area contributed by atoms with Crippen LogP contribution in [0, 0.1) is 5.82 Å². The number of para-hydroxylation sites is 3. The van der Waals surface area contributed by atoms with Gasteiger partial charge in [-0.15, -0.1) is 0 Å². The second-order valence-corrected chi connectivity index (χ2v) is 14.7. The van der Waals surface area contributed by atoms with E-state index in [2.05, 4.69) is 184 Å². The van der Waals surface area contributed by atoms with Crippen molar-refractivity contribution < 1.29 is 4.39 Å². The van der Waals surface area contributed by atoms with Gasteiger partial charge in [0.25, 0.3) is 0 Å². The average molecular weight is 718 g/mol. The molecule has 0 aliphatic carbocycles. The van der Waals surface area contributed by atoms with Crippen LogP contribution in [0.25, 0.3) is 104 Å². The fourth-order valence-corrected chi connectivity index (χ4v) is 9.22. The number of hydrogen-bond acceptors (Lipinski definition) is 0. The summed E-state index contributed by atoms with van der Waals surface area (Å²) in [5.74, 6) is -0.238. The third kappa shape index (κ3) is 4.44. The lowest BCUT2D eigenvalue weighted by Gasteiger charge is -2.14. The van der Waals surface area contributed by atoms with Gasteiger partial charge in [0.1, 0.15) is 5.82 Å². The SMILES string of the molecule is Fc1ccc(-n2c3ccccc3c3cc(-c4ccc5c(c4)c4ccccc4n5-c4cccc(-n5c6ccccc6c6ccc7ccccc7c65)c4)ccc32)cc1. The molecule has 0 spiro atoms. The molecule has 0 unspecified atom stereocenters. The minimum atomic E-state index is -0.238. The number of rotatable bonds is 4. The van der Waals surface area contributed by atoms with E-state index in [-0.39, 0.29) is 5.82 Å². The molecule has 0 atom stereocenters. The Hall–Kier alpha value is -7.43. The van der Waals surface area contributed by atoms with Crippen LogP contribution in [0.1, 0.15) is 0 Å². The number of halogens is 1. The van der Waals surface area contributed by atoms with Gasteiger partial charge in [0.15, 0.2) is 0 Å². The van der Waals surface area contributed by atoms with Crippen LogP contribution in [0.4, 0.5) is 4.39 Å². The van der Waals surface area contributed by atoms with Crippen LogP contribution in [-0.2, 0) is 0 Å². The fourth-order valence-electron chi connectivity index (χ4n) is 9.22. The summed E-state index contributed by atoms with van der Waals surface area (Å²) in [4.78, 5) is 0. The zero-order valence-electron chi connectivity index (χ0n) is 30.2. The molecule has 3 aromatic heterocycles. The second kappa shape index (κ2) is 11.8. The molecule has 12 rings (SSSR count). The highest BCUT2D eigenvalue weighted by Gasteiger charge is 2.18. The topological polar surface area (TPSA) is 14.8 Å². The Morgan fingerprint density at radius 1 is 0.286 bits per heavy atom. The van der Waals surface area contributed by atoms with Crippen LogP contribution in [0.3, 0.4) is 0 Å². The molecular weight excluding hydrogens is 686 g/mol. The smallest absolute Gasteiger partial charge is 0.123 e. The van der Waals surface area contributed by atoms with Gasteiger partial charge in [-0.3, -0.25) is 0 Å². The molecule has 262 valence electrons. The normalized spacial score (nSPS) is 12.0. The quantitative estimate of drug-likeness (QED) is 0.172. The fraction of sp³-hybridized carbons (Fsp3) is 0. The first kappa shape index (κ1) is 31.0. The summed E-state index contributed by atoms with van der Waals surface area (Å²) >= 11 is 0. The minimum absolute atomic E-state index is 0.238. The van der Waals surface area contributed by atoms with E-state index < -0.39 is 0 Å². The predicted molar refractivity (Wildman–Crippen MR) is 232 cm³/mol. The van der Waals surface area contributed by atoms with Gasteiger partial charge in [-0.2, -0.15) is 0 Å². The molecule has 4 heteroatoms. The van der Waals surface area contributed by atoms with Crippen molar-refractivity contribution in [3.05, 3.63) is 200 Å². The number of benzene rings is 9. The molecule has 0 bridgehead atoms. The molecule has 9 aromatic carbocycles. The van der Waals surface area contributed by atoms with Gasteiger partial charge in [-0.1, -0.05) is 109 Å². The lowest BCUT2D eigenvalue weighted by Crippen LogP contribution is -1.99. The van der Waals surface area contributed by atoms with Crippen LogP contribution < -0.4 is 0 Å². The molecule has 0 aliphatic rings. The second-order valence-electron chi connectivity index (χ2n) is 14.7. The average Bonchev–Trinajstić information content (AvgIpc) is 3.89. The lowest BCUT2D eigenvalue weighted by molar-refractivity contribution is 0.627. The maximum Gasteiger partial charge on any atom is 0.123 e. The van der Waals surface area contributed by atoms with Crippen molar-refractivity contribution in [2.45, 2.75) is 0 Å². The Morgan fingerprint density at radius 3 is 1.39 bits per heavy atom. The molecule has 56 heavy (non-hydrogen) atoms. The van der Waals surface area contributed by atoms with Crippen LogP contribution in [0.2, 0.25) is 0 Å². The van der Waals surface area contributed by atoms with E-state index in [1.54, 1.807) is 0 Å². The first-order valence-corrected chi connectivity index (χ1v) is 19.0. The van der Waals surface area contributed by atoms with Gasteiger partial charge >= 0.3 is 0 Å². The van der Waals surface area contributed by atoms with Crippen molar-refractivity contribution in [3.8, 4) is 28.2 Å². The van der Waals surface area contributed by atoms with E-state index in [0.29, 0.717) is 0 Å². The molecule has 0 aliphatic heterocycles. The van der Waals surface area contributed by atoms with Crippen molar-refractivity contribution in [1.29, 1.82) is 0 Å². The van der Waals surface area contributed by atoms with Crippen molar-refractivity contribution in [3.63, 3.8) is 0 Å². The van der Waals surface area contributed by atoms with E-state index in [0.717, 1.165) is 44.7 Å². The summed E-state index contributed by atoms with van der Waals surface area (Å²) in [5, 5.41) is 9.74. The predicted octanol–water partition coefficient (Wildman–Crippen LogP) is 13.9. The van der Waals surface area contributed by atoms with Gasteiger partial charge in [0.2, 0.25) is 0 Å². The Morgan fingerprint density at radius 2 is 0.768 bits per heavy atom. The van der Waals surface area contributed by atoms with Crippen LogP contribution in [0.15, 0.2) is 194 Å². The van der Waals surface area contributed by atoms with Crippen LogP contribution in [0.5, 0.6) is 0 Å². The monoisotopic (exact) mass is 717 g/mol. The number of fused-ring (bicyclic) bond motifs is 11. The standard InChI is InChI=1S/C52H32FN3/c53-36-23-25-37(26-24-36)54-47-17-6-4-15-42(47)45-30-34(21-28-50(45)54)35-22-29-51-46(31-35)43-16-5-7-18-48(43)55(51)38-11-9-12-39(32-38)56-49-19-8-3-14-41(49)44-27-20-33-10-1-2-13-40(33)52(44)56/h1-32H. The summed E-state index contributed by atoms with van der Waals surface area (Å²) < 4.78 is 21.0. The molecule has 0 N–H and O–H groups in total. The zero-order valence-corrected chi connectivity index (χ0v) is 30.2. The van der Waals surface area contributed by atoms with E-state index in [1.165, 1.54) is 71.8 Å². The molecule has 3 nitrogen and oxygen atoms in total. The maximum atomic E-state index is 13.9. The molecular formula is C52H32FN3. The van der Waals surface area contributed by atoms with Crippen molar-refractivity contribution in [2.24, 2.45) is 0 Å². The summed E-state index contributed by atoms with van der Waals surface area (Å²) in [6.07, 6.45) is 0. The van der Waals surface area contributed by atoms with Gasteiger partial charge < -0.3 is 13.7 Å². The number of hydrogen-bond donors (Lipinski definition) is 0. The summed E-state index contributed by atoms with van der Waals surface area (Å²) in [6, 6.07) is 68.4. The highest BCUT2D eigenvalue weighted by Crippen LogP contribution is 2.40. The Labute approximate surface area is 321 Å². The minimum Gasteiger partial charge on any atom is -0.309 e. The van der Waals surface area contributed by atoms with E-state index >= 15 is 0 Å². The van der Waals surface area contributed by atoms with Crippen LogP contribution >= 0.6 is 0 Å². The van der Waals surface area contributed by atoms with Crippen LogP contribution in [-0.4, -0.2) is 13.7 Å². The first-order valence-electron chi connectivity index (χ1n) is 19.0. The van der Waals surface area contributed by atoms with Crippen molar-refractivity contribution >= 4 is 76.2 Å². The Balaban J connectivity index is 1.04. The van der Waals surface area contributed by atoms with Gasteiger partial charge in [0.05, 0.1) is 33.1 Å². The number of aromatic nitrogens is 3. The van der Waals surface area contributed by atoms with E-state index in [9.17, 15) is 4.39 Å². The Kier molecular flexibility index (Phi) is 6.52. The molecule has 12 aromatic rings. The summed E-state index contributed by atoms with van der Waals surface area (Å²) in [7, 11) is 0. The molecule has 0 fully saturated rings. The van der Waals surface area contributed by atoms with E-state index in [4.69, 9.17) is 0 Å².